The van der Waals surface area contributed by atoms with Gasteiger partial charge in [-0.2, -0.15) is 0 Å². The molecule has 1 aromatic carbocycles. The average Bonchev–Trinajstić information content (AvgIpc) is 3.01. The predicted molar refractivity (Wildman–Crippen MR) is 71.7 cm³/mol. The number of carbonyl (C=O) groups excluding carboxylic acids is 1. The van der Waals surface area contributed by atoms with Crippen molar-refractivity contribution in [3.8, 4) is 0 Å². The molecule has 1 atom stereocenters. The summed E-state index contributed by atoms with van der Waals surface area (Å²) in [5, 5.41) is 0. The number of aromatic nitrogens is 1. The van der Waals surface area contributed by atoms with Crippen LogP contribution in [0.5, 0.6) is 0 Å². The lowest BCUT2D eigenvalue weighted by atomic mass is 9.82. The summed E-state index contributed by atoms with van der Waals surface area (Å²) in [6.07, 6.45) is 5.68. The Hall–Kier alpha value is -2.16. The molecule has 2 aliphatic rings. The van der Waals surface area contributed by atoms with E-state index in [4.69, 9.17) is 0 Å². The van der Waals surface area contributed by atoms with Gasteiger partial charge in [0.2, 0.25) is 0 Å². The summed E-state index contributed by atoms with van der Waals surface area (Å²) in [6, 6.07) is 12.1. The van der Waals surface area contributed by atoms with Crippen LogP contribution in [0.3, 0.4) is 0 Å². The molecule has 19 heavy (non-hydrogen) atoms. The Morgan fingerprint density at radius 3 is 2.74 bits per heavy atom. The summed E-state index contributed by atoms with van der Waals surface area (Å²) in [4.78, 5) is 18.7. The maximum atomic E-state index is 12.6. The number of benzene rings is 1. The standard InChI is InChI=1S/C16H14N2O/c19-15-13-4-1-2-5-14(13)16(8-3-11-18(15)16)12-6-9-17-10-7-12/h1-2,4-7,9-10H,3,8,11H2. The Bertz CT molecular complexity index is 653. The Morgan fingerprint density at radius 1 is 1.11 bits per heavy atom. The molecule has 2 aromatic rings. The quantitative estimate of drug-likeness (QED) is 0.779. The molecule has 3 heteroatoms. The topological polar surface area (TPSA) is 33.2 Å². The van der Waals surface area contributed by atoms with Crippen molar-refractivity contribution in [3.05, 3.63) is 65.5 Å². The van der Waals surface area contributed by atoms with E-state index in [1.54, 1.807) is 0 Å². The van der Waals surface area contributed by atoms with Crippen molar-refractivity contribution in [2.45, 2.75) is 18.4 Å². The average molecular weight is 250 g/mol. The van der Waals surface area contributed by atoms with Crippen molar-refractivity contribution in [2.75, 3.05) is 6.54 Å². The SMILES string of the molecule is O=C1c2ccccc2C2(c3ccncc3)CCCN12. The van der Waals surface area contributed by atoms with Gasteiger partial charge in [0.25, 0.3) is 5.91 Å². The van der Waals surface area contributed by atoms with Crippen LogP contribution in [0.4, 0.5) is 0 Å². The van der Waals surface area contributed by atoms with Crippen LogP contribution in [0.1, 0.15) is 34.3 Å². The number of pyridine rings is 1. The molecule has 1 saturated heterocycles. The molecule has 0 aliphatic carbocycles. The molecule has 94 valence electrons. The fourth-order valence-electron chi connectivity index (χ4n) is 3.63. The van der Waals surface area contributed by atoms with Crippen molar-refractivity contribution in [3.63, 3.8) is 0 Å². The van der Waals surface area contributed by atoms with Crippen molar-refractivity contribution < 1.29 is 4.79 Å². The zero-order valence-electron chi connectivity index (χ0n) is 10.5. The van der Waals surface area contributed by atoms with Crippen LogP contribution in [0.15, 0.2) is 48.8 Å². The van der Waals surface area contributed by atoms with Gasteiger partial charge in [-0.1, -0.05) is 18.2 Å². The molecule has 0 bridgehead atoms. The zero-order valence-corrected chi connectivity index (χ0v) is 10.5. The lowest BCUT2D eigenvalue weighted by molar-refractivity contribution is 0.0711. The largest absolute Gasteiger partial charge is 0.325 e. The van der Waals surface area contributed by atoms with Crippen molar-refractivity contribution in [1.29, 1.82) is 0 Å². The molecular formula is C16H14N2O. The minimum Gasteiger partial charge on any atom is -0.325 e. The van der Waals surface area contributed by atoms with Gasteiger partial charge in [-0.25, -0.2) is 0 Å². The monoisotopic (exact) mass is 250 g/mol. The van der Waals surface area contributed by atoms with E-state index in [1.807, 2.05) is 47.6 Å². The summed E-state index contributed by atoms with van der Waals surface area (Å²) in [5.74, 6) is 0.171. The maximum absolute atomic E-state index is 12.6. The molecule has 0 N–H and O–H groups in total. The van der Waals surface area contributed by atoms with Crippen LogP contribution in [-0.4, -0.2) is 22.3 Å². The molecule has 1 unspecified atom stereocenters. The highest BCUT2D eigenvalue weighted by Gasteiger charge is 2.52. The fraction of sp³-hybridized carbons (Fsp3) is 0.250. The first kappa shape index (κ1) is 10.7. The van der Waals surface area contributed by atoms with E-state index in [2.05, 4.69) is 11.1 Å². The highest BCUT2D eigenvalue weighted by molar-refractivity contribution is 6.01. The summed E-state index contributed by atoms with van der Waals surface area (Å²) >= 11 is 0. The summed E-state index contributed by atoms with van der Waals surface area (Å²) < 4.78 is 0. The first-order chi connectivity index (χ1) is 9.34. The molecule has 0 saturated carbocycles. The van der Waals surface area contributed by atoms with Crippen molar-refractivity contribution in [2.24, 2.45) is 0 Å². The van der Waals surface area contributed by atoms with E-state index in [0.29, 0.717) is 0 Å². The van der Waals surface area contributed by atoms with Gasteiger partial charge in [0.05, 0.1) is 5.54 Å². The van der Waals surface area contributed by atoms with E-state index >= 15 is 0 Å². The van der Waals surface area contributed by atoms with Crippen LogP contribution in [0, 0.1) is 0 Å². The van der Waals surface area contributed by atoms with E-state index in [0.717, 1.165) is 30.5 Å². The van der Waals surface area contributed by atoms with Crippen LogP contribution in [-0.2, 0) is 5.54 Å². The number of nitrogens with zero attached hydrogens (tertiary/aromatic N) is 2. The third kappa shape index (κ3) is 1.22. The first-order valence-corrected chi connectivity index (χ1v) is 6.66. The molecule has 1 fully saturated rings. The van der Waals surface area contributed by atoms with Crippen LogP contribution in [0.25, 0.3) is 0 Å². The number of rotatable bonds is 1. The maximum Gasteiger partial charge on any atom is 0.255 e. The summed E-state index contributed by atoms with van der Waals surface area (Å²) in [5.41, 5.74) is 2.94. The number of carbonyl (C=O) groups is 1. The minimum absolute atomic E-state index is 0.171. The zero-order chi connectivity index (χ0) is 12.9. The second-order valence-corrected chi connectivity index (χ2v) is 5.20. The molecule has 2 aliphatic heterocycles. The van der Waals surface area contributed by atoms with Crippen LogP contribution >= 0.6 is 0 Å². The van der Waals surface area contributed by atoms with Gasteiger partial charge in [-0.15, -0.1) is 0 Å². The normalized spacial score (nSPS) is 24.4. The first-order valence-electron chi connectivity index (χ1n) is 6.66. The second-order valence-electron chi connectivity index (χ2n) is 5.20. The highest BCUT2D eigenvalue weighted by atomic mass is 16.2. The molecule has 0 radical (unpaired) electrons. The van der Waals surface area contributed by atoms with Crippen molar-refractivity contribution >= 4 is 5.91 Å². The molecule has 0 spiro atoms. The Balaban J connectivity index is 2.02. The lowest BCUT2D eigenvalue weighted by Gasteiger charge is -2.33. The third-order valence-corrected chi connectivity index (χ3v) is 4.39. The van der Waals surface area contributed by atoms with Gasteiger partial charge >= 0.3 is 0 Å². The Labute approximate surface area is 111 Å². The van der Waals surface area contributed by atoms with Crippen LogP contribution in [0.2, 0.25) is 0 Å². The number of amides is 1. The van der Waals surface area contributed by atoms with Crippen LogP contribution < -0.4 is 0 Å². The smallest absolute Gasteiger partial charge is 0.255 e. The summed E-state index contributed by atoms with van der Waals surface area (Å²) in [6.45, 7) is 0.843. The number of hydrogen-bond donors (Lipinski definition) is 0. The van der Waals surface area contributed by atoms with E-state index in [-0.39, 0.29) is 11.4 Å². The van der Waals surface area contributed by atoms with Gasteiger partial charge in [-0.05, 0) is 42.2 Å². The lowest BCUT2D eigenvalue weighted by Crippen LogP contribution is -2.39. The van der Waals surface area contributed by atoms with Gasteiger partial charge < -0.3 is 4.90 Å². The molecular weight excluding hydrogens is 236 g/mol. The van der Waals surface area contributed by atoms with E-state index in [9.17, 15) is 4.79 Å². The molecule has 1 aromatic heterocycles. The Kier molecular flexibility index (Phi) is 2.07. The fourth-order valence-corrected chi connectivity index (χ4v) is 3.63. The van der Waals surface area contributed by atoms with Gasteiger partial charge in [0.15, 0.2) is 0 Å². The second kappa shape index (κ2) is 3.67. The van der Waals surface area contributed by atoms with Gasteiger partial charge in [0, 0.05) is 24.5 Å². The molecule has 4 rings (SSSR count). The Morgan fingerprint density at radius 2 is 1.89 bits per heavy atom. The van der Waals surface area contributed by atoms with Gasteiger partial charge in [0.1, 0.15) is 0 Å². The third-order valence-electron chi connectivity index (χ3n) is 4.39. The van der Waals surface area contributed by atoms with Crippen molar-refractivity contribution in [1.82, 2.24) is 9.88 Å². The number of hydrogen-bond acceptors (Lipinski definition) is 2. The minimum atomic E-state index is -0.253. The molecule has 1 amide bonds. The molecule has 3 heterocycles. The van der Waals surface area contributed by atoms with Gasteiger partial charge in [-0.3, -0.25) is 9.78 Å². The predicted octanol–water partition coefficient (Wildman–Crippen LogP) is 2.57. The highest BCUT2D eigenvalue weighted by Crippen LogP contribution is 2.50. The summed E-state index contributed by atoms with van der Waals surface area (Å²) in [7, 11) is 0. The molecule has 3 nitrogen and oxygen atoms in total. The van der Waals surface area contributed by atoms with E-state index < -0.39 is 0 Å². The van der Waals surface area contributed by atoms with E-state index in [1.165, 1.54) is 5.56 Å². The number of fused-ring (bicyclic) bond motifs is 3.